The van der Waals surface area contributed by atoms with Crippen molar-refractivity contribution in [2.75, 3.05) is 7.11 Å². The van der Waals surface area contributed by atoms with E-state index in [1.807, 2.05) is 24.3 Å². The Morgan fingerprint density at radius 1 is 1.07 bits per heavy atom. The quantitative estimate of drug-likeness (QED) is 0.391. The molecule has 28 heavy (non-hydrogen) atoms. The van der Waals surface area contributed by atoms with Crippen LogP contribution in [0.3, 0.4) is 0 Å². The number of hydrogen-bond donors (Lipinski definition) is 0. The van der Waals surface area contributed by atoms with Crippen molar-refractivity contribution in [3.05, 3.63) is 69.0 Å². The molecule has 0 spiro atoms. The van der Waals surface area contributed by atoms with Gasteiger partial charge in [0.1, 0.15) is 11.5 Å². The highest BCUT2D eigenvalue weighted by Gasteiger charge is 2.12. The van der Waals surface area contributed by atoms with Gasteiger partial charge in [0.15, 0.2) is 5.82 Å². The number of ether oxygens (including phenoxy) is 2. The smallest absolute Gasteiger partial charge is 0.308 e. The van der Waals surface area contributed by atoms with Gasteiger partial charge in [0.05, 0.1) is 11.6 Å². The van der Waals surface area contributed by atoms with Crippen LogP contribution in [0.15, 0.2) is 53.3 Å². The predicted molar refractivity (Wildman–Crippen MR) is 106 cm³/mol. The van der Waals surface area contributed by atoms with Gasteiger partial charge in [-0.15, -0.1) is 5.10 Å². The average Bonchev–Trinajstić information content (AvgIpc) is 3.23. The van der Waals surface area contributed by atoms with Gasteiger partial charge in [0.2, 0.25) is 4.96 Å². The zero-order valence-corrected chi connectivity index (χ0v) is 15.9. The molecule has 0 aliphatic rings. The maximum Gasteiger partial charge on any atom is 0.308 e. The minimum Gasteiger partial charge on any atom is -0.497 e. The first-order chi connectivity index (χ1) is 13.5. The van der Waals surface area contributed by atoms with Gasteiger partial charge < -0.3 is 9.47 Å². The molecule has 0 amide bonds. The van der Waals surface area contributed by atoms with Gasteiger partial charge in [0, 0.05) is 12.5 Å². The van der Waals surface area contributed by atoms with Crippen molar-refractivity contribution < 1.29 is 14.3 Å². The Labute approximate surface area is 163 Å². The lowest BCUT2D eigenvalue weighted by Gasteiger charge is -2.00. The highest BCUT2D eigenvalue weighted by Crippen LogP contribution is 2.20. The van der Waals surface area contributed by atoms with Crippen LogP contribution in [0.5, 0.6) is 11.5 Å². The zero-order valence-electron chi connectivity index (χ0n) is 15.1. The molecule has 0 unspecified atom stereocenters. The molecule has 2 aromatic heterocycles. The van der Waals surface area contributed by atoms with E-state index in [0.29, 0.717) is 21.1 Å². The number of methoxy groups -OCH3 is 1. The van der Waals surface area contributed by atoms with Gasteiger partial charge in [-0.3, -0.25) is 9.59 Å². The standard InChI is InChI=1S/C20H15N3O4S/c1-12(24)27-16-7-3-13(4-8-16)11-17-19(25)23-20(28-17)21-18(22-23)14-5-9-15(26-2)10-6-14/h3-11H,1-2H3/b17-11+. The zero-order chi connectivity index (χ0) is 19.7. The van der Waals surface area contributed by atoms with Crippen LogP contribution in [0.1, 0.15) is 12.5 Å². The summed E-state index contributed by atoms with van der Waals surface area (Å²) in [6.07, 6.45) is 1.76. The second-order valence-corrected chi connectivity index (χ2v) is 6.95. The molecule has 0 radical (unpaired) electrons. The van der Waals surface area contributed by atoms with Crippen molar-refractivity contribution in [1.29, 1.82) is 0 Å². The van der Waals surface area contributed by atoms with Gasteiger partial charge in [-0.1, -0.05) is 23.5 Å². The SMILES string of the molecule is COc1ccc(-c2nc3s/c(=C/c4ccc(OC(C)=O)cc4)c(=O)n3n2)cc1. The molecule has 4 aromatic rings. The highest BCUT2D eigenvalue weighted by atomic mass is 32.1. The van der Waals surface area contributed by atoms with E-state index in [9.17, 15) is 9.59 Å². The first-order valence-electron chi connectivity index (χ1n) is 8.38. The van der Waals surface area contributed by atoms with E-state index in [4.69, 9.17) is 9.47 Å². The number of carbonyl (C=O) groups excluding carboxylic acids is 1. The third-order valence-electron chi connectivity index (χ3n) is 3.97. The molecule has 0 fully saturated rings. The van der Waals surface area contributed by atoms with Crippen LogP contribution in [0, 0.1) is 0 Å². The highest BCUT2D eigenvalue weighted by molar-refractivity contribution is 7.15. The molecule has 2 heterocycles. The number of carbonyl (C=O) groups is 1. The minimum absolute atomic E-state index is 0.226. The second-order valence-electron chi connectivity index (χ2n) is 5.94. The Morgan fingerprint density at radius 2 is 1.75 bits per heavy atom. The van der Waals surface area contributed by atoms with Crippen LogP contribution in [0.25, 0.3) is 22.4 Å². The van der Waals surface area contributed by atoms with E-state index in [1.165, 1.54) is 22.8 Å². The van der Waals surface area contributed by atoms with E-state index in [0.717, 1.165) is 16.9 Å². The Bertz CT molecular complexity index is 1260. The van der Waals surface area contributed by atoms with Gasteiger partial charge >= 0.3 is 5.97 Å². The lowest BCUT2D eigenvalue weighted by Crippen LogP contribution is -2.23. The van der Waals surface area contributed by atoms with E-state index in [-0.39, 0.29) is 11.5 Å². The minimum atomic E-state index is -0.378. The molecule has 0 aliphatic carbocycles. The van der Waals surface area contributed by atoms with Crippen molar-refractivity contribution in [2.24, 2.45) is 0 Å². The molecule has 2 aromatic carbocycles. The van der Waals surface area contributed by atoms with Gasteiger partial charge in [0.25, 0.3) is 5.56 Å². The summed E-state index contributed by atoms with van der Waals surface area (Å²) in [5.74, 6) is 1.31. The van der Waals surface area contributed by atoms with E-state index in [1.54, 1.807) is 37.5 Å². The molecular formula is C20H15N3O4S. The maximum absolute atomic E-state index is 12.6. The number of nitrogens with zero attached hydrogens (tertiary/aromatic N) is 3. The maximum atomic E-state index is 12.6. The third-order valence-corrected chi connectivity index (χ3v) is 4.93. The number of rotatable bonds is 4. The molecule has 0 N–H and O–H groups in total. The summed E-state index contributed by atoms with van der Waals surface area (Å²) in [7, 11) is 1.60. The van der Waals surface area contributed by atoms with Crippen LogP contribution >= 0.6 is 11.3 Å². The van der Waals surface area contributed by atoms with E-state index >= 15 is 0 Å². The lowest BCUT2D eigenvalue weighted by molar-refractivity contribution is -0.131. The monoisotopic (exact) mass is 393 g/mol. The van der Waals surface area contributed by atoms with Crippen molar-refractivity contribution >= 4 is 28.3 Å². The van der Waals surface area contributed by atoms with Gasteiger partial charge in [-0.05, 0) is 48.0 Å². The number of aromatic nitrogens is 3. The lowest BCUT2D eigenvalue weighted by atomic mass is 10.2. The fourth-order valence-corrected chi connectivity index (χ4v) is 3.55. The molecule has 0 atom stereocenters. The van der Waals surface area contributed by atoms with Crippen LogP contribution < -0.4 is 19.6 Å². The summed E-state index contributed by atoms with van der Waals surface area (Å²) < 4.78 is 12.0. The number of esters is 1. The summed E-state index contributed by atoms with van der Waals surface area (Å²) in [5, 5.41) is 4.33. The largest absolute Gasteiger partial charge is 0.497 e. The topological polar surface area (TPSA) is 82.8 Å². The third kappa shape index (κ3) is 3.49. The summed E-state index contributed by atoms with van der Waals surface area (Å²) in [6, 6.07) is 14.2. The molecule has 0 saturated heterocycles. The number of thiazole rings is 1. The molecule has 0 aliphatic heterocycles. The van der Waals surface area contributed by atoms with E-state index in [2.05, 4.69) is 10.1 Å². The average molecular weight is 393 g/mol. The molecule has 8 heteroatoms. The molecule has 0 bridgehead atoms. The predicted octanol–water partition coefficient (Wildman–Crippen LogP) is 2.30. The fourth-order valence-electron chi connectivity index (χ4n) is 2.65. The van der Waals surface area contributed by atoms with E-state index < -0.39 is 0 Å². The number of hydrogen-bond acceptors (Lipinski definition) is 7. The van der Waals surface area contributed by atoms with Gasteiger partial charge in [-0.25, -0.2) is 0 Å². The first-order valence-corrected chi connectivity index (χ1v) is 9.19. The van der Waals surface area contributed by atoms with Crippen LogP contribution in [-0.4, -0.2) is 27.7 Å². The first kappa shape index (κ1) is 17.9. The summed E-state index contributed by atoms with van der Waals surface area (Å²) in [5.41, 5.74) is 1.40. The molecule has 7 nitrogen and oxygen atoms in total. The Hall–Kier alpha value is -3.52. The Kier molecular flexibility index (Phi) is 4.62. The van der Waals surface area contributed by atoms with Crippen molar-refractivity contribution in [1.82, 2.24) is 14.6 Å². The van der Waals surface area contributed by atoms with Crippen molar-refractivity contribution in [3.63, 3.8) is 0 Å². The number of fused-ring (bicyclic) bond motifs is 1. The van der Waals surface area contributed by atoms with Crippen molar-refractivity contribution in [2.45, 2.75) is 6.92 Å². The molecular weight excluding hydrogens is 378 g/mol. The number of benzene rings is 2. The normalized spacial score (nSPS) is 11.7. The summed E-state index contributed by atoms with van der Waals surface area (Å²) in [6.45, 7) is 1.35. The Balaban J connectivity index is 1.66. The molecule has 0 saturated carbocycles. The summed E-state index contributed by atoms with van der Waals surface area (Å²) in [4.78, 5) is 28.6. The molecule has 140 valence electrons. The van der Waals surface area contributed by atoms with Crippen molar-refractivity contribution in [3.8, 4) is 22.9 Å². The Morgan fingerprint density at radius 3 is 2.36 bits per heavy atom. The summed E-state index contributed by atoms with van der Waals surface area (Å²) >= 11 is 1.27. The second kappa shape index (κ2) is 7.24. The van der Waals surface area contributed by atoms with Gasteiger partial charge in [-0.2, -0.15) is 9.50 Å². The van der Waals surface area contributed by atoms with Crippen LogP contribution in [0.2, 0.25) is 0 Å². The van der Waals surface area contributed by atoms with Crippen LogP contribution in [0.4, 0.5) is 0 Å². The fraction of sp³-hybridized carbons (Fsp3) is 0.100. The molecule has 4 rings (SSSR count). The van der Waals surface area contributed by atoms with Crippen LogP contribution in [-0.2, 0) is 4.79 Å².